The van der Waals surface area contributed by atoms with Crippen LogP contribution < -0.4 is 10.3 Å². The predicted molar refractivity (Wildman–Crippen MR) is 110 cm³/mol. The van der Waals surface area contributed by atoms with Gasteiger partial charge in [-0.3, -0.25) is 9.59 Å². The van der Waals surface area contributed by atoms with Crippen molar-refractivity contribution in [3.8, 4) is 0 Å². The monoisotopic (exact) mass is 369 g/mol. The number of carbonyl (C=O) groups excluding carboxylic acids is 2. The molecule has 5 rings (SSSR count). The SMILES string of the molecule is O=C(CN1CCCc2ccccc21)N/N=C1\C(=O)c2cccc3cccc1c23. The van der Waals surface area contributed by atoms with Crippen molar-refractivity contribution in [1.29, 1.82) is 0 Å². The van der Waals surface area contributed by atoms with Gasteiger partial charge in [0, 0.05) is 28.7 Å². The Bertz CT molecular complexity index is 1140. The summed E-state index contributed by atoms with van der Waals surface area (Å²) in [6.07, 6.45) is 2.06. The molecule has 0 unspecified atom stereocenters. The molecule has 3 aromatic rings. The standard InChI is InChI=1S/C23H19N3O2/c27-20(14-26-13-5-9-15-6-1-2-12-19(15)26)24-25-22-17-10-3-7-16-8-4-11-18(21(16)17)23(22)28/h1-4,6-8,10-12H,5,9,13-14H2,(H,24,27)/b25-22-. The molecule has 1 heterocycles. The first-order chi connectivity index (χ1) is 13.7. The highest BCUT2D eigenvalue weighted by Crippen LogP contribution is 2.31. The number of para-hydroxylation sites is 1. The molecule has 2 aliphatic rings. The van der Waals surface area contributed by atoms with Gasteiger partial charge in [0.1, 0.15) is 5.71 Å². The molecule has 3 aromatic carbocycles. The summed E-state index contributed by atoms with van der Waals surface area (Å²) in [6, 6.07) is 19.6. The van der Waals surface area contributed by atoms with Gasteiger partial charge in [0.2, 0.25) is 5.78 Å². The molecule has 0 aromatic heterocycles. The van der Waals surface area contributed by atoms with Crippen LogP contribution in [0.2, 0.25) is 0 Å². The highest BCUT2D eigenvalue weighted by atomic mass is 16.2. The average Bonchev–Trinajstić information content (AvgIpc) is 3.00. The second-order valence-corrected chi connectivity index (χ2v) is 7.19. The molecule has 1 N–H and O–H groups in total. The number of hydrogen-bond donors (Lipinski definition) is 1. The lowest BCUT2D eigenvalue weighted by atomic mass is 10.0. The summed E-state index contributed by atoms with van der Waals surface area (Å²) >= 11 is 0. The molecule has 5 nitrogen and oxygen atoms in total. The maximum atomic E-state index is 12.8. The number of hydrazone groups is 1. The number of benzene rings is 3. The Morgan fingerprint density at radius 1 is 1.00 bits per heavy atom. The van der Waals surface area contributed by atoms with Crippen molar-refractivity contribution in [1.82, 2.24) is 5.43 Å². The van der Waals surface area contributed by atoms with E-state index in [2.05, 4.69) is 21.5 Å². The molecule has 0 saturated carbocycles. The van der Waals surface area contributed by atoms with Crippen LogP contribution in [-0.2, 0) is 11.2 Å². The van der Waals surface area contributed by atoms with Crippen LogP contribution in [0.3, 0.4) is 0 Å². The van der Waals surface area contributed by atoms with Crippen LogP contribution in [-0.4, -0.2) is 30.5 Å². The molecule has 1 amide bonds. The summed E-state index contributed by atoms with van der Waals surface area (Å²) in [4.78, 5) is 27.3. The lowest BCUT2D eigenvalue weighted by Crippen LogP contribution is -2.38. The predicted octanol–water partition coefficient (Wildman–Crippen LogP) is 3.31. The summed E-state index contributed by atoms with van der Waals surface area (Å²) in [7, 11) is 0. The number of fused-ring (bicyclic) bond motifs is 1. The topological polar surface area (TPSA) is 61.8 Å². The first kappa shape index (κ1) is 16.7. The summed E-state index contributed by atoms with van der Waals surface area (Å²) < 4.78 is 0. The van der Waals surface area contributed by atoms with Gasteiger partial charge in [-0.25, -0.2) is 5.43 Å². The molecule has 0 atom stereocenters. The van der Waals surface area contributed by atoms with Crippen molar-refractivity contribution in [2.24, 2.45) is 5.10 Å². The maximum absolute atomic E-state index is 12.8. The van der Waals surface area contributed by atoms with E-state index in [0.29, 0.717) is 11.3 Å². The van der Waals surface area contributed by atoms with Gasteiger partial charge in [0.15, 0.2) is 0 Å². The van der Waals surface area contributed by atoms with Gasteiger partial charge in [0.05, 0.1) is 6.54 Å². The van der Waals surface area contributed by atoms with Crippen LogP contribution >= 0.6 is 0 Å². The minimum atomic E-state index is -0.222. The highest BCUT2D eigenvalue weighted by Gasteiger charge is 2.29. The molecule has 0 bridgehead atoms. The molecule has 1 aliphatic carbocycles. The van der Waals surface area contributed by atoms with E-state index in [-0.39, 0.29) is 18.2 Å². The van der Waals surface area contributed by atoms with E-state index in [1.165, 1.54) is 5.56 Å². The van der Waals surface area contributed by atoms with E-state index in [1.54, 1.807) is 0 Å². The number of Topliss-reactive ketones (excluding diaryl/α,β-unsaturated/α-hetero) is 1. The fraction of sp³-hybridized carbons (Fsp3) is 0.174. The number of rotatable bonds is 3. The molecule has 0 spiro atoms. The number of hydrogen-bond acceptors (Lipinski definition) is 4. The fourth-order valence-electron chi connectivity index (χ4n) is 4.19. The first-order valence-electron chi connectivity index (χ1n) is 9.48. The van der Waals surface area contributed by atoms with Crippen LogP contribution in [0.5, 0.6) is 0 Å². The lowest BCUT2D eigenvalue weighted by Gasteiger charge is -2.30. The van der Waals surface area contributed by atoms with Crippen LogP contribution in [0, 0.1) is 0 Å². The Kier molecular flexibility index (Phi) is 3.93. The van der Waals surface area contributed by atoms with Gasteiger partial charge in [-0.2, -0.15) is 5.10 Å². The Labute approximate surface area is 162 Å². The zero-order valence-corrected chi connectivity index (χ0v) is 15.3. The van der Waals surface area contributed by atoms with Gasteiger partial charge in [0.25, 0.3) is 5.91 Å². The third-order valence-electron chi connectivity index (χ3n) is 5.45. The van der Waals surface area contributed by atoms with Crippen LogP contribution in [0.4, 0.5) is 5.69 Å². The number of ketones is 1. The number of anilines is 1. The maximum Gasteiger partial charge on any atom is 0.259 e. The second kappa shape index (κ2) is 6.60. The van der Waals surface area contributed by atoms with Crippen molar-refractivity contribution in [2.45, 2.75) is 12.8 Å². The minimum absolute atomic E-state index is 0.143. The van der Waals surface area contributed by atoms with Gasteiger partial charge < -0.3 is 4.90 Å². The van der Waals surface area contributed by atoms with Crippen molar-refractivity contribution in [3.05, 3.63) is 77.4 Å². The molecule has 0 saturated heterocycles. The molecular formula is C23H19N3O2. The van der Waals surface area contributed by atoms with E-state index >= 15 is 0 Å². The third-order valence-corrected chi connectivity index (χ3v) is 5.45. The summed E-state index contributed by atoms with van der Waals surface area (Å²) in [5.41, 5.74) is 6.69. The Hall–Kier alpha value is -3.47. The lowest BCUT2D eigenvalue weighted by molar-refractivity contribution is -0.119. The number of amides is 1. The van der Waals surface area contributed by atoms with Crippen LogP contribution in [0.25, 0.3) is 10.8 Å². The van der Waals surface area contributed by atoms with Gasteiger partial charge >= 0.3 is 0 Å². The second-order valence-electron chi connectivity index (χ2n) is 7.19. The molecule has 0 fully saturated rings. The molecule has 138 valence electrons. The number of nitrogens with one attached hydrogen (secondary N) is 1. The van der Waals surface area contributed by atoms with Crippen LogP contribution in [0.1, 0.15) is 27.9 Å². The molecule has 5 heteroatoms. The Morgan fingerprint density at radius 2 is 1.79 bits per heavy atom. The largest absolute Gasteiger partial charge is 0.362 e. The normalized spacial score (nSPS) is 16.5. The van der Waals surface area contributed by atoms with Crippen LogP contribution in [0.15, 0.2) is 65.8 Å². The van der Waals surface area contributed by atoms with Gasteiger partial charge in [-0.15, -0.1) is 0 Å². The quantitative estimate of drug-likeness (QED) is 0.721. The Morgan fingerprint density at radius 3 is 2.64 bits per heavy atom. The molecular weight excluding hydrogens is 350 g/mol. The molecule has 28 heavy (non-hydrogen) atoms. The third kappa shape index (κ3) is 2.67. The molecule has 1 aliphatic heterocycles. The van der Waals surface area contributed by atoms with E-state index in [9.17, 15) is 9.59 Å². The summed E-state index contributed by atoms with van der Waals surface area (Å²) in [5, 5.41) is 6.12. The van der Waals surface area contributed by atoms with E-state index < -0.39 is 0 Å². The number of carbonyl (C=O) groups is 2. The van der Waals surface area contributed by atoms with E-state index in [1.807, 2.05) is 54.6 Å². The highest BCUT2D eigenvalue weighted by molar-refractivity contribution is 6.59. The first-order valence-corrected chi connectivity index (χ1v) is 9.48. The van der Waals surface area contributed by atoms with Gasteiger partial charge in [-0.05, 0) is 29.9 Å². The van der Waals surface area contributed by atoms with Crippen molar-refractivity contribution in [3.63, 3.8) is 0 Å². The van der Waals surface area contributed by atoms with Crippen molar-refractivity contribution in [2.75, 3.05) is 18.0 Å². The number of aryl methyl sites for hydroxylation is 1. The smallest absolute Gasteiger partial charge is 0.259 e. The summed E-state index contributed by atoms with van der Waals surface area (Å²) in [5.74, 6) is -0.365. The minimum Gasteiger partial charge on any atom is -0.362 e. The van der Waals surface area contributed by atoms with Crippen molar-refractivity contribution >= 4 is 33.9 Å². The average molecular weight is 369 g/mol. The van der Waals surface area contributed by atoms with Gasteiger partial charge in [-0.1, -0.05) is 54.6 Å². The number of nitrogens with zero attached hydrogens (tertiary/aromatic N) is 2. The zero-order valence-electron chi connectivity index (χ0n) is 15.3. The zero-order chi connectivity index (χ0) is 19.1. The van der Waals surface area contributed by atoms with Crippen molar-refractivity contribution < 1.29 is 9.59 Å². The van der Waals surface area contributed by atoms with E-state index in [4.69, 9.17) is 0 Å². The molecule has 0 radical (unpaired) electrons. The Balaban J connectivity index is 1.37. The summed E-state index contributed by atoms with van der Waals surface area (Å²) in [6.45, 7) is 1.06. The fourth-order valence-corrected chi connectivity index (χ4v) is 4.19. The van der Waals surface area contributed by atoms with E-state index in [0.717, 1.165) is 41.4 Å².